The largest absolute Gasteiger partial charge is 0.431 e. The van der Waals surface area contributed by atoms with Crippen LogP contribution in [-0.2, 0) is 11.2 Å². The number of amides is 3. The third kappa shape index (κ3) is 4.70. The monoisotopic (exact) mass is 387 g/mol. The fourth-order valence-electron chi connectivity index (χ4n) is 1.87. The fraction of sp³-hybridized carbons (Fsp3) is 0.133. The number of thiazole rings is 1. The van der Waals surface area contributed by atoms with Crippen molar-refractivity contribution in [3.8, 4) is 0 Å². The van der Waals surface area contributed by atoms with E-state index in [2.05, 4.69) is 35.9 Å². The highest BCUT2D eigenvalue weighted by molar-refractivity contribution is 7.14. The van der Waals surface area contributed by atoms with E-state index >= 15 is 0 Å². The molecule has 0 saturated heterocycles. The van der Waals surface area contributed by atoms with Gasteiger partial charge in [0.05, 0.1) is 18.3 Å². The van der Waals surface area contributed by atoms with E-state index in [1.165, 1.54) is 37.0 Å². The molecule has 3 amide bonds. The molecule has 0 aliphatic heterocycles. The molecule has 0 spiro atoms. The fourth-order valence-corrected chi connectivity index (χ4v) is 2.58. The van der Waals surface area contributed by atoms with E-state index in [1.54, 1.807) is 5.38 Å². The molecule has 0 aliphatic carbocycles. The van der Waals surface area contributed by atoms with E-state index in [-0.39, 0.29) is 29.7 Å². The van der Waals surface area contributed by atoms with E-state index in [4.69, 9.17) is 4.42 Å². The molecule has 0 bridgehead atoms. The van der Waals surface area contributed by atoms with Gasteiger partial charge in [-0.05, 0) is 0 Å². The van der Waals surface area contributed by atoms with Crippen molar-refractivity contribution < 1.29 is 18.8 Å². The number of hydrogen-bond donors (Lipinski definition) is 3. The minimum Gasteiger partial charge on any atom is -0.431 e. The van der Waals surface area contributed by atoms with Gasteiger partial charge in [0.1, 0.15) is 12.0 Å². The molecule has 3 heterocycles. The molecular formula is C15H13N7O4S. The molecule has 3 N–H and O–H groups in total. The first-order chi connectivity index (χ1) is 13.0. The second-order valence-corrected chi connectivity index (χ2v) is 5.89. The van der Waals surface area contributed by atoms with Crippen LogP contribution in [0.3, 0.4) is 0 Å². The molecule has 138 valence electrons. The standard InChI is InChI=1S/C15H13N7O4S/c1-16-11(23)4-8-7-27-15(19-8)22-13(25)10-6-26-14(20-10)21-12(24)9-5-17-2-3-18-9/h2-3,5-7H,4H2,1H3,(H,16,23)(H,19,22,25)(H,20,21,24). The Hall–Kier alpha value is -3.67. The number of carbonyl (C=O) groups excluding carboxylic acids is 3. The third-order valence-corrected chi connectivity index (χ3v) is 3.95. The zero-order valence-corrected chi connectivity index (χ0v) is 14.7. The Morgan fingerprint density at radius 1 is 1.11 bits per heavy atom. The van der Waals surface area contributed by atoms with Gasteiger partial charge >= 0.3 is 6.01 Å². The van der Waals surface area contributed by atoms with Crippen LogP contribution in [-0.4, -0.2) is 44.7 Å². The summed E-state index contributed by atoms with van der Waals surface area (Å²) in [5.74, 6) is -1.33. The molecule has 12 heteroatoms. The Kier molecular flexibility index (Phi) is 5.47. The first kappa shape index (κ1) is 18.1. The minimum atomic E-state index is -0.573. The summed E-state index contributed by atoms with van der Waals surface area (Å²) in [6.07, 6.45) is 5.30. The summed E-state index contributed by atoms with van der Waals surface area (Å²) in [6.45, 7) is 0. The lowest BCUT2D eigenvalue weighted by Gasteiger charge is -1.99. The van der Waals surface area contributed by atoms with E-state index in [0.717, 1.165) is 6.26 Å². The summed E-state index contributed by atoms with van der Waals surface area (Å²) in [5.41, 5.74) is 0.562. The summed E-state index contributed by atoms with van der Waals surface area (Å²) < 4.78 is 5.07. The lowest BCUT2D eigenvalue weighted by molar-refractivity contribution is -0.120. The molecule has 0 saturated carbocycles. The maximum absolute atomic E-state index is 12.2. The Morgan fingerprint density at radius 3 is 2.67 bits per heavy atom. The van der Waals surface area contributed by atoms with Crippen LogP contribution in [0.5, 0.6) is 0 Å². The summed E-state index contributed by atoms with van der Waals surface area (Å²) in [7, 11) is 1.53. The average Bonchev–Trinajstić information content (AvgIpc) is 3.32. The molecule has 0 aromatic carbocycles. The molecule has 0 radical (unpaired) electrons. The molecule has 3 aromatic heterocycles. The highest BCUT2D eigenvalue weighted by Crippen LogP contribution is 2.17. The molecule has 3 rings (SSSR count). The minimum absolute atomic E-state index is 0.0486. The SMILES string of the molecule is CNC(=O)Cc1csc(NC(=O)c2coc(NC(=O)c3cnccn3)n2)n1. The Morgan fingerprint density at radius 2 is 1.93 bits per heavy atom. The first-order valence-electron chi connectivity index (χ1n) is 7.54. The number of anilines is 2. The van der Waals surface area contributed by atoms with Crippen LogP contribution < -0.4 is 16.0 Å². The number of aromatic nitrogens is 4. The van der Waals surface area contributed by atoms with Gasteiger partial charge in [-0.3, -0.25) is 30.0 Å². The first-order valence-corrected chi connectivity index (χ1v) is 8.42. The highest BCUT2D eigenvalue weighted by Gasteiger charge is 2.17. The smallest absolute Gasteiger partial charge is 0.302 e. The van der Waals surface area contributed by atoms with Crippen LogP contribution in [0.15, 0.2) is 34.7 Å². The lowest BCUT2D eigenvalue weighted by atomic mass is 10.3. The van der Waals surface area contributed by atoms with Crippen molar-refractivity contribution in [1.29, 1.82) is 0 Å². The number of oxazole rings is 1. The van der Waals surface area contributed by atoms with Crippen LogP contribution in [0.1, 0.15) is 26.7 Å². The molecule has 0 aliphatic rings. The van der Waals surface area contributed by atoms with Crippen molar-refractivity contribution in [3.63, 3.8) is 0 Å². The normalized spacial score (nSPS) is 10.3. The van der Waals surface area contributed by atoms with E-state index in [9.17, 15) is 14.4 Å². The quantitative estimate of drug-likeness (QED) is 0.559. The van der Waals surface area contributed by atoms with Gasteiger partial charge in [0.2, 0.25) is 5.91 Å². The van der Waals surface area contributed by atoms with Crippen LogP contribution in [0.4, 0.5) is 11.1 Å². The molecule has 0 fully saturated rings. The lowest BCUT2D eigenvalue weighted by Crippen LogP contribution is -2.20. The average molecular weight is 387 g/mol. The number of nitrogens with zero attached hydrogens (tertiary/aromatic N) is 4. The summed E-state index contributed by atoms with van der Waals surface area (Å²) in [4.78, 5) is 51.1. The van der Waals surface area contributed by atoms with Gasteiger partial charge in [-0.1, -0.05) is 0 Å². The van der Waals surface area contributed by atoms with Crippen molar-refractivity contribution in [2.45, 2.75) is 6.42 Å². The zero-order valence-electron chi connectivity index (χ0n) is 13.9. The Labute approximate surface area is 156 Å². The van der Waals surface area contributed by atoms with E-state index in [1.807, 2.05) is 0 Å². The number of likely N-dealkylation sites (N-methyl/N-ethyl adjacent to an activating group) is 1. The van der Waals surface area contributed by atoms with E-state index in [0.29, 0.717) is 10.8 Å². The topological polar surface area (TPSA) is 152 Å². The maximum Gasteiger partial charge on any atom is 0.302 e. The number of rotatable bonds is 6. The van der Waals surface area contributed by atoms with Gasteiger partial charge in [-0.2, -0.15) is 4.98 Å². The van der Waals surface area contributed by atoms with Crippen molar-refractivity contribution in [2.75, 3.05) is 17.7 Å². The van der Waals surface area contributed by atoms with Gasteiger partial charge in [0, 0.05) is 24.8 Å². The van der Waals surface area contributed by atoms with Crippen LogP contribution >= 0.6 is 11.3 Å². The van der Waals surface area contributed by atoms with Gasteiger partial charge in [-0.15, -0.1) is 11.3 Å². The Balaban J connectivity index is 1.60. The predicted octanol–water partition coefficient (Wildman–Crippen LogP) is 0.714. The van der Waals surface area contributed by atoms with Gasteiger partial charge < -0.3 is 9.73 Å². The molecule has 27 heavy (non-hydrogen) atoms. The summed E-state index contributed by atoms with van der Waals surface area (Å²) >= 11 is 1.17. The Bertz CT molecular complexity index is 969. The highest BCUT2D eigenvalue weighted by atomic mass is 32.1. The second kappa shape index (κ2) is 8.14. The van der Waals surface area contributed by atoms with E-state index < -0.39 is 11.8 Å². The molecule has 0 unspecified atom stereocenters. The van der Waals surface area contributed by atoms with Gasteiger partial charge in [-0.25, -0.2) is 9.97 Å². The number of hydrogen-bond acceptors (Lipinski definition) is 9. The molecule has 3 aromatic rings. The van der Waals surface area contributed by atoms with Crippen LogP contribution in [0.2, 0.25) is 0 Å². The summed E-state index contributed by atoms with van der Waals surface area (Å²) in [6, 6.07) is -0.157. The zero-order chi connectivity index (χ0) is 19.2. The van der Waals surface area contributed by atoms with Gasteiger partial charge in [0.15, 0.2) is 10.8 Å². The van der Waals surface area contributed by atoms with Gasteiger partial charge in [0.25, 0.3) is 11.8 Å². The second-order valence-electron chi connectivity index (χ2n) is 5.03. The van der Waals surface area contributed by atoms with Crippen molar-refractivity contribution in [2.24, 2.45) is 0 Å². The van der Waals surface area contributed by atoms with Crippen LogP contribution in [0.25, 0.3) is 0 Å². The summed E-state index contributed by atoms with van der Waals surface area (Å²) in [5, 5.41) is 9.39. The molecular weight excluding hydrogens is 374 g/mol. The third-order valence-electron chi connectivity index (χ3n) is 3.15. The molecule has 11 nitrogen and oxygen atoms in total. The predicted molar refractivity (Wildman–Crippen MR) is 94.3 cm³/mol. The van der Waals surface area contributed by atoms with Crippen LogP contribution in [0, 0.1) is 0 Å². The van der Waals surface area contributed by atoms with Crippen molar-refractivity contribution in [3.05, 3.63) is 47.3 Å². The number of carbonyl (C=O) groups is 3. The molecule has 0 atom stereocenters. The maximum atomic E-state index is 12.2. The van der Waals surface area contributed by atoms with Crippen molar-refractivity contribution in [1.82, 2.24) is 25.3 Å². The van der Waals surface area contributed by atoms with Crippen molar-refractivity contribution >= 4 is 40.2 Å². The number of nitrogens with one attached hydrogen (secondary N) is 3.